The molecule has 0 radical (unpaired) electrons. The molecule has 1 aromatic heterocycles. The summed E-state index contributed by atoms with van der Waals surface area (Å²) in [5, 5.41) is 0. The van der Waals surface area contributed by atoms with Crippen LogP contribution in [0.2, 0.25) is 0 Å². The molecule has 0 aliphatic heterocycles. The van der Waals surface area contributed by atoms with Crippen LogP contribution in [-0.2, 0) is 10.3 Å². The molecule has 1 aliphatic rings. The molecule has 1 heterocycles. The van der Waals surface area contributed by atoms with Crippen molar-refractivity contribution in [2.75, 3.05) is 12.8 Å². The Hall–Kier alpha value is -1.36. The van der Waals surface area contributed by atoms with Crippen LogP contribution in [0.25, 0.3) is 0 Å². The van der Waals surface area contributed by atoms with Gasteiger partial charge in [-0.05, 0) is 38.0 Å². The highest BCUT2D eigenvalue weighted by atomic mass is 16.5. The van der Waals surface area contributed by atoms with E-state index in [1.165, 1.54) is 0 Å². The zero-order valence-electron chi connectivity index (χ0n) is 12.2. The summed E-state index contributed by atoms with van der Waals surface area (Å²) >= 11 is 0. The van der Waals surface area contributed by atoms with Gasteiger partial charge in [0.1, 0.15) is 17.2 Å². The normalized spacial score (nSPS) is 21.3. The molecule has 0 bridgehead atoms. The molecule has 3 N–H and O–H groups in total. The second kappa shape index (κ2) is 4.63. The minimum atomic E-state index is -0.503. The molecular weight excluding hydrogens is 242 g/mol. The van der Waals surface area contributed by atoms with Crippen molar-refractivity contribution in [1.29, 1.82) is 0 Å². The van der Waals surface area contributed by atoms with Gasteiger partial charge in [0, 0.05) is 7.11 Å². The maximum Gasteiger partial charge on any atom is 0.255 e. The number of ether oxygens (including phenoxy) is 1. The first-order valence-corrected chi connectivity index (χ1v) is 6.72. The molecule has 1 fully saturated rings. The third-order valence-electron chi connectivity index (χ3n) is 4.42. The zero-order valence-corrected chi connectivity index (χ0v) is 12.2. The van der Waals surface area contributed by atoms with Crippen LogP contribution < -0.4 is 11.3 Å². The van der Waals surface area contributed by atoms with E-state index >= 15 is 0 Å². The van der Waals surface area contributed by atoms with E-state index in [1.54, 1.807) is 14.0 Å². The van der Waals surface area contributed by atoms with Gasteiger partial charge in [0.05, 0.1) is 5.56 Å². The van der Waals surface area contributed by atoms with Gasteiger partial charge < -0.3 is 15.5 Å². The Kier molecular flexibility index (Phi) is 3.43. The van der Waals surface area contributed by atoms with Crippen LogP contribution in [0, 0.1) is 12.3 Å². The molecule has 0 aromatic carbocycles. The molecule has 0 amide bonds. The van der Waals surface area contributed by atoms with E-state index in [0.717, 1.165) is 25.7 Å². The Morgan fingerprint density at radius 3 is 2.32 bits per heavy atom. The lowest BCUT2D eigenvalue weighted by atomic mass is 9.70. The molecule has 106 valence electrons. The van der Waals surface area contributed by atoms with Crippen molar-refractivity contribution in [3.05, 3.63) is 21.7 Å². The van der Waals surface area contributed by atoms with Gasteiger partial charge in [0.2, 0.25) is 0 Å². The molecule has 2 rings (SSSR count). The van der Waals surface area contributed by atoms with Gasteiger partial charge in [0.25, 0.3) is 5.56 Å². The summed E-state index contributed by atoms with van der Waals surface area (Å²) in [4.78, 5) is 19.0. The van der Waals surface area contributed by atoms with Crippen molar-refractivity contribution in [1.82, 2.24) is 9.97 Å². The summed E-state index contributed by atoms with van der Waals surface area (Å²) < 4.78 is 5.72. The van der Waals surface area contributed by atoms with Crippen molar-refractivity contribution >= 4 is 5.82 Å². The highest BCUT2D eigenvalue weighted by molar-refractivity contribution is 5.37. The highest BCUT2D eigenvalue weighted by Gasteiger charge is 2.42. The Bertz CT molecular complexity index is 524. The summed E-state index contributed by atoms with van der Waals surface area (Å²) in [6, 6.07) is 0. The van der Waals surface area contributed by atoms with E-state index in [2.05, 4.69) is 23.8 Å². The number of rotatable bonds is 2. The fourth-order valence-corrected chi connectivity index (χ4v) is 2.63. The molecule has 0 unspecified atom stereocenters. The Morgan fingerprint density at radius 2 is 1.84 bits per heavy atom. The number of H-pyrrole nitrogens is 1. The predicted octanol–water partition coefficient (Wildman–Crippen LogP) is 2.10. The van der Waals surface area contributed by atoms with E-state index in [0.29, 0.717) is 22.6 Å². The van der Waals surface area contributed by atoms with Crippen molar-refractivity contribution in [2.45, 2.75) is 52.1 Å². The average Bonchev–Trinajstić information content (AvgIpc) is 2.36. The van der Waals surface area contributed by atoms with Crippen LogP contribution in [0.4, 0.5) is 5.82 Å². The number of aromatic nitrogens is 2. The fraction of sp³-hybridized carbons (Fsp3) is 0.714. The maximum atomic E-state index is 11.9. The number of hydrogen-bond acceptors (Lipinski definition) is 4. The van der Waals surface area contributed by atoms with Gasteiger partial charge in [-0.25, -0.2) is 4.98 Å². The molecule has 0 saturated heterocycles. The lowest BCUT2D eigenvalue weighted by Gasteiger charge is -2.41. The van der Waals surface area contributed by atoms with Gasteiger partial charge in [-0.2, -0.15) is 0 Å². The van der Waals surface area contributed by atoms with Gasteiger partial charge >= 0.3 is 0 Å². The van der Waals surface area contributed by atoms with Crippen molar-refractivity contribution in [3.8, 4) is 0 Å². The number of anilines is 1. The zero-order chi connectivity index (χ0) is 14.3. The Balaban J connectivity index is 2.41. The smallest absolute Gasteiger partial charge is 0.255 e. The summed E-state index contributed by atoms with van der Waals surface area (Å²) in [5.74, 6) is 0.860. The summed E-state index contributed by atoms with van der Waals surface area (Å²) in [5.41, 5.74) is 5.91. The molecule has 0 atom stereocenters. The van der Waals surface area contributed by atoms with Crippen LogP contribution in [0.3, 0.4) is 0 Å². The summed E-state index contributed by atoms with van der Waals surface area (Å²) in [6.45, 7) is 6.19. The van der Waals surface area contributed by atoms with Crippen molar-refractivity contribution < 1.29 is 4.74 Å². The fourth-order valence-electron chi connectivity index (χ4n) is 2.63. The van der Waals surface area contributed by atoms with E-state index in [1.807, 2.05) is 0 Å². The topological polar surface area (TPSA) is 81.0 Å². The van der Waals surface area contributed by atoms with E-state index in [4.69, 9.17) is 10.5 Å². The van der Waals surface area contributed by atoms with Crippen LogP contribution in [0.1, 0.15) is 50.9 Å². The maximum absolute atomic E-state index is 11.9. The Labute approximate surface area is 113 Å². The highest BCUT2D eigenvalue weighted by Crippen LogP contribution is 2.45. The second-order valence-corrected chi connectivity index (χ2v) is 6.29. The van der Waals surface area contributed by atoms with Crippen molar-refractivity contribution in [2.24, 2.45) is 5.41 Å². The molecule has 1 aromatic rings. The number of nitrogen functional groups attached to an aromatic ring is 1. The van der Waals surface area contributed by atoms with Crippen molar-refractivity contribution in [3.63, 3.8) is 0 Å². The lowest BCUT2D eigenvalue weighted by Crippen LogP contribution is -2.39. The monoisotopic (exact) mass is 265 g/mol. The molecule has 0 spiro atoms. The van der Waals surface area contributed by atoms with Gasteiger partial charge in [0.15, 0.2) is 0 Å². The number of nitrogens with one attached hydrogen (secondary N) is 1. The first-order chi connectivity index (χ1) is 8.80. The lowest BCUT2D eigenvalue weighted by molar-refractivity contribution is -0.0730. The number of hydrogen-bond donors (Lipinski definition) is 2. The molecular formula is C14H23N3O2. The molecule has 1 saturated carbocycles. The first-order valence-electron chi connectivity index (χ1n) is 6.72. The van der Waals surface area contributed by atoms with Gasteiger partial charge in [-0.3, -0.25) is 4.79 Å². The number of methoxy groups -OCH3 is 1. The molecule has 5 nitrogen and oxygen atoms in total. The van der Waals surface area contributed by atoms with E-state index in [-0.39, 0.29) is 5.56 Å². The molecule has 1 aliphatic carbocycles. The van der Waals surface area contributed by atoms with E-state index in [9.17, 15) is 4.79 Å². The van der Waals surface area contributed by atoms with Crippen LogP contribution in [0.15, 0.2) is 4.79 Å². The predicted molar refractivity (Wildman–Crippen MR) is 74.9 cm³/mol. The van der Waals surface area contributed by atoms with Crippen LogP contribution in [0.5, 0.6) is 0 Å². The molecule has 5 heteroatoms. The third-order valence-corrected chi connectivity index (χ3v) is 4.42. The first kappa shape index (κ1) is 14.1. The van der Waals surface area contributed by atoms with Crippen LogP contribution >= 0.6 is 0 Å². The SMILES string of the molecule is COC1(c2nc(N)c(C)c(=O)[nH]2)CCC(C)(C)CC1. The molecule has 19 heavy (non-hydrogen) atoms. The quantitative estimate of drug-likeness (QED) is 0.858. The number of nitrogens with zero attached hydrogens (tertiary/aromatic N) is 1. The third kappa shape index (κ3) is 2.52. The minimum Gasteiger partial charge on any atom is -0.383 e. The largest absolute Gasteiger partial charge is 0.383 e. The van der Waals surface area contributed by atoms with Gasteiger partial charge in [-0.15, -0.1) is 0 Å². The number of nitrogens with two attached hydrogens (primary N) is 1. The summed E-state index contributed by atoms with van der Waals surface area (Å²) in [7, 11) is 1.67. The standard InChI is InChI=1S/C14H23N3O2/c1-9-10(15)16-12(17-11(9)18)14(19-4)7-5-13(2,3)6-8-14/h5-8H2,1-4H3,(H3,15,16,17,18). The summed E-state index contributed by atoms with van der Waals surface area (Å²) in [6.07, 6.45) is 3.78. The van der Waals surface area contributed by atoms with Crippen LogP contribution in [-0.4, -0.2) is 17.1 Å². The number of aromatic amines is 1. The van der Waals surface area contributed by atoms with E-state index < -0.39 is 5.60 Å². The average molecular weight is 265 g/mol. The Morgan fingerprint density at radius 1 is 1.26 bits per heavy atom. The second-order valence-electron chi connectivity index (χ2n) is 6.29. The van der Waals surface area contributed by atoms with Gasteiger partial charge in [-0.1, -0.05) is 13.8 Å². The minimum absolute atomic E-state index is 0.177.